The van der Waals surface area contributed by atoms with Crippen LogP contribution >= 0.6 is 0 Å². The molecule has 0 radical (unpaired) electrons. The molecule has 0 saturated heterocycles. The maximum atomic E-state index is 12.1. The molecule has 0 aromatic heterocycles. The third-order valence-corrected chi connectivity index (χ3v) is 5.43. The summed E-state index contributed by atoms with van der Waals surface area (Å²) >= 11 is 0. The second kappa shape index (κ2) is 10.6. The zero-order valence-electron chi connectivity index (χ0n) is 17.0. The molecule has 1 N–H and O–H groups in total. The predicted octanol–water partition coefficient (Wildman–Crippen LogP) is 3.36. The number of nitrogens with one attached hydrogen (secondary N) is 1. The summed E-state index contributed by atoms with van der Waals surface area (Å²) < 4.78 is 42.3. The fourth-order valence-corrected chi connectivity index (χ4v) is 3.65. The Balaban J connectivity index is 1.43. The summed E-state index contributed by atoms with van der Waals surface area (Å²) in [4.78, 5) is 11.9. The molecule has 0 spiro atoms. The van der Waals surface area contributed by atoms with Crippen LogP contribution in [0.15, 0.2) is 72.1 Å². The van der Waals surface area contributed by atoms with Crippen molar-refractivity contribution in [2.45, 2.75) is 0 Å². The van der Waals surface area contributed by atoms with E-state index in [0.29, 0.717) is 17.1 Å². The number of benzene rings is 3. The van der Waals surface area contributed by atoms with Gasteiger partial charge >= 0.3 is 5.97 Å². The van der Waals surface area contributed by atoms with E-state index in [9.17, 15) is 13.2 Å². The maximum absolute atomic E-state index is 12.1. The number of carbonyl (C=O) groups excluding carboxylic acids is 1. The molecule has 0 heterocycles. The van der Waals surface area contributed by atoms with Crippen LogP contribution in [0.25, 0.3) is 16.8 Å². The molecule has 3 rings (SSSR count). The van der Waals surface area contributed by atoms with Crippen LogP contribution in [-0.2, 0) is 19.6 Å². The second-order valence-electron chi connectivity index (χ2n) is 6.47. The van der Waals surface area contributed by atoms with E-state index in [0.717, 1.165) is 16.2 Å². The van der Waals surface area contributed by atoms with Crippen molar-refractivity contribution < 1.29 is 27.4 Å². The van der Waals surface area contributed by atoms with Gasteiger partial charge in [-0.3, -0.25) is 0 Å². The summed E-state index contributed by atoms with van der Waals surface area (Å²) in [5.41, 5.74) is 0.632. The number of esters is 1. The predicted molar refractivity (Wildman–Crippen MR) is 119 cm³/mol. The molecule has 0 aliphatic rings. The highest BCUT2D eigenvalue weighted by Gasteiger charge is 2.09. The highest BCUT2D eigenvalue weighted by atomic mass is 32.2. The Kier molecular flexibility index (Phi) is 7.64. The van der Waals surface area contributed by atoms with Gasteiger partial charge in [0.2, 0.25) is 10.0 Å². The number of ether oxygens (including phenoxy) is 3. The normalized spacial score (nSPS) is 11.5. The molecule has 0 fully saturated rings. The third-order valence-electron chi connectivity index (χ3n) is 4.33. The van der Waals surface area contributed by atoms with Crippen LogP contribution < -0.4 is 14.2 Å². The van der Waals surface area contributed by atoms with Gasteiger partial charge in [-0.1, -0.05) is 54.6 Å². The molecule has 0 atom stereocenters. The topological polar surface area (TPSA) is 90.9 Å². The highest BCUT2D eigenvalue weighted by Crippen LogP contribution is 2.25. The van der Waals surface area contributed by atoms with Crippen LogP contribution in [0.1, 0.15) is 5.56 Å². The van der Waals surface area contributed by atoms with Gasteiger partial charge < -0.3 is 14.2 Å². The monoisotopic (exact) mass is 441 g/mol. The Labute approximate surface area is 181 Å². The minimum absolute atomic E-state index is 0.0569. The number of rotatable bonds is 10. The van der Waals surface area contributed by atoms with Gasteiger partial charge in [0, 0.05) is 22.9 Å². The van der Waals surface area contributed by atoms with Crippen LogP contribution in [0, 0.1) is 0 Å². The largest absolute Gasteiger partial charge is 0.496 e. The maximum Gasteiger partial charge on any atom is 0.344 e. The first-order chi connectivity index (χ1) is 15.0. The zero-order chi connectivity index (χ0) is 22.1. The van der Waals surface area contributed by atoms with E-state index in [4.69, 9.17) is 14.2 Å². The molecule has 0 amide bonds. The average molecular weight is 442 g/mol. The van der Waals surface area contributed by atoms with Gasteiger partial charge in [-0.2, -0.15) is 0 Å². The lowest BCUT2D eigenvalue weighted by Crippen LogP contribution is -2.27. The van der Waals surface area contributed by atoms with E-state index in [1.807, 2.05) is 36.4 Å². The number of sulfonamides is 1. The number of fused-ring (bicyclic) bond motifs is 1. The van der Waals surface area contributed by atoms with Gasteiger partial charge in [-0.15, -0.1) is 0 Å². The van der Waals surface area contributed by atoms with E-state index in [-0.39, 0.29) is 19.8 Å². The number of para-hydroxylation sites is 1. The smallest absolute Gasteiger partial charge is 0.344 e. The lowest BCUT2D eigenvalue weighted by atomic mass is 10.1. The standard InChI is InChI=1S/C23H23NO6S/c1-28-21-11-5-3-8-19(21)13-16-31(26,27)24-14-15-29-23(25)17-30-22-12-6-9-18-7-2-4-10-20(18)22/h2-13,16,24H,14-15,17H2,1H3. The number of hydrogen-bond donors (Lipinski definition) is 1. The van der Waals surface area contributed by atoms with E-state index in [1.54, 1.807) is 30.3 Å². The summed E-state index contributed by atoms with van der Waals surface area (Å²) in [6, 6.07) is 20.3. The first-order valence-electron chi connectivity index (χ1n) is 9.55. The first-order valence-corrected chi connectivity index (χ1v) is 11.1. The molecule has 3 aromatic rings. The van der Waals surface area contributed by atoms with Gasteiger partial charge in [0.25, 0.3) is 0 Å². The van der Waals surface area contributed by atoms with Crippen LogP contribution in [0.4, 0.5) is 0 Å². The molecule has 0 unspecified atom stereocenters. The Morgan fingerprint density at radius 3 is 2.52 bits per heavy atom. The van der Waals surface area contributed by atoms with Gasteiger partial charge in [0.15, 0.2) is 6.61 Å². The number of methoxy groups -OCH3 is 1. The van der Waals surface area contributed by atoms with Crippen molar-refractivity contribution in [3.8, 4) is 11.5 Å². The van der Waals surface area contributed by atoms with E-state index in [1.165, 1.54) is 13.2 Å². The molecule has 31 heavy (non-hydrogen) atoms. The molecular weight excluding hydrogens is 418 g/mol. The molecule has 0 bridgehead atoms. The first kappa shape index (κ1) is 22.3. The van der Waals surface area contributed by atoms with Crippen molar-refractivity contribution in [2.24, 2.45) is 0 Å². The Bertz CT molecular complexity index is 1170. The Hall–Kier alpha value is -3.36. The molecule has 162 valence electrons. The van der Waals surface area contributed by atoms with Crippen molar-refractivity contribution in [3.63, 3.8) is 0 Å². The molecule has 0 saturated carbocycles. The lowest BCUT2D eigenvalue weighted by Gasteiger charge is -2.09. The summed E-state index contributed by atoms with van der Waals surface area (Å²) in [6.07, 6.45) is 1.44. The fraction of sp³-hybridized carbons (Fsp3) is 0.174. The molecule has 0 aliphatic heterocycles. The lowest BCUT2D eigenvalue weighted by molar-refractivity contribution is -0.145. The Morgan fingerprint density at radius 1 is 0.968 bits per heavy atom. The van der Waals surface area contributed by atoms with Gasteiger partial charge in [-0.05, 0) is 23.6 Å². The van der Waals surface area contributed by atoms with Crippen LogP contribution in [-0.4, -0.2) is 41.3 Å². The van der Waals surface area contributed by atoms with E-state index < -0.39 is 16.0 Å². The molecule has 8 heteroatoms. The average Bonchev–Trinajstić information content (AvgIpc) is 2.79. The summed E-state index contributed by atoms with van der Waals surface area (Å²) in [5.74, 6) is 0.558. The minimum atomic E-state index is -3.69. The summed E-state index contributed by atoms with van der Waals surface area (Å²) in [5, 5.41) is 2.94. The van der Waals surface area contributed by atoms with Crippen molar-refractivity contribution in [3.05, 3.63) is 77.7 Å². The zero-order valence-corrected chi connectivity index (χ0v) is 17.8. The van der Waals surface area contributed by atoms with Gasteiger partial charge in [-0.25, -0.2) is 17.9 Å². The minimum Gasteiger partial charge on any atom is -0.496 e. The van der Waals surface area contributed by atoms with Crippen molar-refractivity contribution >= 4 is 32.8 Å². The second-order valence-corrected chi connectivity index (χ2v) is 8.12. The number of hydrogen-bond acceptors (Lipinski definition) is 6. The van der Waals surface area contributed by atoms with Gasteiger partial charge in [0.1, 0.15) is 18.1 Å². The molecule has 0 aliphatic carbocycles. The fourth-order valence-electron chi connectivity index (χ4n) is 2.86. The van der Waals surface area contributed by atoms with Crippen molar-refractivity contribution in [2.75, 3.05) is 26.9 Å². The molecule has 7 nitrogen and oxygen atoms in total. The van der Waals surface area contributed by atoms with Crippen LogP contribution in [0.2, 0.25) is 0 Å². The van der Waals surface area contributed by atoms with Crippen molar-refractivity contribution in [1.29, 1.82) is 0 Å². The van der Waals surface area contributed by atoms with E-state index in [2.05, 4.69) is 4.72 Å². The summed E-state index contributed by atoms with van der Waals surface area (Å²) in [6.45, 7) is -0.438. The van der Waals surface area contributed by atoms with Crippen LogP contribution in [0.3, 0.4) is 0 Å². The van der Waals surface area contributed by atoms with Crippen LogP contribution in [0.5, 0.6) is 11.5 Å². The SMILES string of the molecule is COc1ccccc1C=CS(=O)(=O)NCCOC(=O)COc1cccc2ccccc12. The quantitative estimate of drug-likeness (QED) is 0.383. The molecule has 3 aromatic carbocycles. The van der Waals surface area contributed by atoms with Crippen molar-refractivity contribution in [1.82, 2.24) is 4.72 Å². The Morgan fingerprint density at radius 2 is 1.68 bits per heavy atom. The highest BCUT2D eigenvalue weighted by molar-refractivity contribution is 7.92. The van der Waals surface area contributed by atoms with E-state index >= 15 is 0 Å². The molecular formula is C23H23NO6S. The summed E-state index contributed by atoms with van der Waals surface area (Å²) in [7, 11) is -2.18. The van der Waals surface area contributed by atoms with Gasteiger partial charge in [0.05, 0.1) is 7.11 Å². The third kappa shape index (κ3) is 6.56. The number of carbonyl (C=O) groups is 1.